The Kier molecular flexibility index (Phi) is 6.02. The number of hydrogen-bond donors (Lipinski definition) is 2. The van der Waals surface area contributed by atoms with Gasteiger partial charge in [-0.05, 0) is 42.7 Å². The molecule has 1 fully saturated rings. The maximum atomic E-state index is 12.7. The third-order valence-corrected chi connectivity index (χ3v) is 5.55. The summed E-state index contributed by atoms with van der Waals surface area (Å²) in [5.41, 5.74) is 1.62. The van der Waals surface area contributed by atoms with Gasteiger partial charge in [-0.2, -0.15) is 0 Å². The molecule has 3 aromatic rings. The summed E-state index contributed by atoms with van der Waals surface area (Å²) in [4.78, 5) is 25.4. The van der Waals surface area contributed by atoms with Crippen molar-refractivity contribution in [1.82, 2.24) is 0 Å². The van der Waals surface area contributed by atoms with Crippen LogP contribution < -0.4 is 21.0 Å². The van der Waals surface area contributed by atoms with Gasteiger partial charge < -0.3 is 19.8 Å². The number of carbonyl (C=O) groups excluding carboxylic acids is 1. The Morgan fingerprint density at radius 2 is 1.77 bits per heavy atom. The molecule has 0 bridgehead atoms. The summed E-state index contributed by atoms with van der Waals surface area (Å²) in [6, 6.07) is 15.0. The predicted molar refractivity (Wildman–Crippen MR) is 118 cm³/mol. The van der Waals surface area contributed by atoms with Crippen molar-refractivity contribution in [2.45, 2.75) is 44.6 Å². The van der Waals surface area contributed by atoms with E-state index in [0.29, 0.717) is 11.3 Å². The highest BCUT2D eigenvalue weighted by Gasteiger charge is 2.21. The van der Waals surface area contributed by atoms with Gasteiger partial charge in [0.1, 0.15) is 11.3 Å². The van der Waals surface area contributed by atoms with E-state index in [0.717, 1.165) is 42.4 Å². The van der Waals surface area contributed by atoms with Crippen LogP contribution in [-0.4, -0.2) is 19.1 Å². The average molecular weight is 406 g/mol. The van der Waals surface area contributed by atoms with Gasteiger partial charge in [-0.1, -0.05) is 43.5 Å². The molecule has 0 atom stereocenters. The van der Waals surface area contributed by atoms with Crippen molar-refractivity contribution in [3.63, 3.8) is 0 Å². The van der Waals surface area contributed by atoms with Gasteiger partial charge in [0, 0.05) is 11.4 Å². The summed E-state index contributed by atoms with van der Waals surface area (Å²) in [5.74, 6) is 0.461. The zero-order chi connectivity index (χ0) is 20.9. The Bertz CT molecular complexity index is 1080. The quantitative estimate of drug-likeness (QED) is 0.579. The zero-order valence-corrected chi connectivity index (χ0v) is 17.1. The average Bonchev–Trinajstić information content (AvgIpc) is 2.77. The van der Waals surface area contributed by atoms with Crippen LogP contribution in [0.3, 0.4) is 0 Å². The van der Waals surface area contributed by atoms with E-state index in [1.165, 1.54) is 6.42 Å². The molecule has 0 spiro atoms. The highest BCUT2D eigenvalue weighted by atomic mass is 16.5. The highest BCUT2D eigenvalue weighted by molar-refractivity contribution is 6.02. The molecule has 6 heteroatoms. The first-order valence-electron chi connectivity index (χ1n) is 10.4. The van der Waals surface area contributed by atoms with E-state index in [9.17, 15) is 9.59 Å². The van der Waals surface area contributed by atoms with Crippen LogP contribution in [0, 0.1) is 0 Å². The van der Waals surface area contributed by atoms with Gasteiger partial charge in [0.2, 0.25) is 5.91 Å². The molecule has 6 nitrogen and oxygen atoms in total. The number of rotatable bonds is 6. The maximum absolute atomic E-state index is 12.7. The Morgan fingerprint density at radius 3 is 2.50 bits per heavy atom. The molecule has 0 saturated heterocycles. The molecule has 1 aliphatic carbocycles. The Morgan fingerprint density at radius 1 is 1.03 bits per heavy atom. The van der Waals surface area contributed by atoms with Crippen molar-refractivity contribution < 1.29 is 13.9 Å². The largest absolute Gasteiger partial charge is 0.497 e. The van der Waals surface area contributed by atoms with E-state index in [-0.39, 0.29) is 24.1 Å². The molecule has 0 unspecified atom stereocenters. The van der Waals surface area contributed by atoms with E-state index in [1.807, 2.05) is 42.5 Å². The van der Waals surface area contributed by atoms with E-state index in [2.05, 4.69) is 10.6 Å². The number of anilines is 2. The Labute approximate surface area is 175 Å². The number of amides is 1. The summed E-state index contributed by atoms with van der Waals surface area (Å²) < 4.78 is 10.6. The number of methoxy groups -OCH3 is 1. The number of hydrogen-bond acceptors (Lipinski definition) is 5. The summed E-state index contributed by atoms with van der Waals surface area (Å²) in [7, 11) is 1.60. The fourth-order valence-electron chi connectivity index (χ4n) is 3.98. The molecule has 1 amide bonds. The maximum Gasteiger partial charge on any atom is 0.362 e. The summed E-state index contributed by atoms with van der Waals surface area (Å²) in [5, 5.41) is 7.12. The van der Waals surface area contributed by atoms with Crippen LogP contribution >= 0.6 is 0 Å². The molecular formula is C24H26N2O4. The van der Waals surface area contributed by atoms with Crippen LogP contribution in [0.15, 0.2) is 57.7 Å². The Hall–Kier alpha value is -3.28. The van der Waals surface area contributed by atoms with Crippen molar-refractivity contribution in [2.24, 2.45) is 0 Å². The molecule has 1 heterocycles. The molecule has 1 saturated carbocycles. The smallest absolute Gasteiger partial charge is 0.362 e. The zero-order valence-electron chi connectivity index (χ0n) is 17.1. The van der Waals surface area contributed by atoms with Crippen molar-refractivity contribution in [2.75, 3.05) is 17.7 Å². The first kappa shape index (κ1) is 20.0. The van der Waals surface area contributed by atoms with E-state index < -0.39 is 5.63 Å². The number of ether oxygens (including phenoxy) is 1. The number of benzene rings is 2. The van der Waals surface area contributed by atoms with E-state index >= 15 is 0 Å². The van der Waals surface area contributed by atoms with Crippen molar-refractivity contribution in [3.05, 3.63) is 64.5 Å². The third-order valence-electron chi connectivity index (χ3n) is 5.55. The number of fused-ring (bicyclic) bond motifs is 1. The highest BCUT2D eigenvalue weighted by Crippen LogP contribution is 2.32. The SMILES string of the molecule is COc1ccc(CC(=O)Nc2c(NC3CCCCC3)c3ccccc3oc2=O)cc1. The molecular weight excluding hydrogens is 380 g/mol. The van der Waals surface area contributed by atoms with Gasteiger partial charge in [0.25, 0.3) is 0 Å². The molecule has 30 heavy (non-hydrogen) atoms. The molecule has 1 aliphatic rings. The fraction of sp³-hybridized carbons (Fsp3) is 0.333. The third kappa shape index (κ3) is 4.48. The number of nitrogens with one attached hydrogen (secondary N) is 2. The van der Waals surface area contributed by atoms with Crippen LogP contribution in [0.1, 0.15) is 37.7 Å². The molecule has 0 radical (unpaired) electrons. The van der Waals surface area contributed by atoms with Crippen LogP contribution in [0.25, 0.3) is 11.0 Å². The lowest BCUT2D eigenvalue weighted by molar-refractivity contribution is -0.115. The number of para-hydroxylation sites is 1. The first-order chi connectivity index (χ1) is 14.6. The van der Waals surface area contributed by atoms with Crippen LogP contribution in [-0.2, 0) is 11.2 Å². The fourth-order valence-corrected chi connectivity index (χ4v) is 3.98. The summed E-state index contributed by atoms with van der Waals surface area (Å²) in [6.45, 7) is 0. The monoisotopic (exact) mass is 406 g/mol. The second-order valence-corrected chi connectivity index (χ2v) is 7.69. The first-order valence-corrected chi connectivity index (χ1v) is 10.4. The van der Waals surface area contributed by atoms with Gasteiger partial charge in [-0.15, -0.1) is 0 Å². The lowest BCUT2D eigenvalue weighted by atomic mass is 9.95. The van der Waals surface area contributed by atoms with Crippen molar-refractivity contribution in [3.8, 4) is 5.75 Å². The molecule has 2 aromatic carbocycles. The van der Waals surface area contributed by atoms with Gasteiger partial charge >= 0.3 is 5.63 Å². The van der Waals surface area contributed by atoms with Crippen LogP contribution in [0.2, 0.25) is 0 Å². The van der Waals surface area contributed by atoms with Gasteiger partial charge in [-0.3, -0.25) is 4.79 Å². The second kappa shape index (κ2) is 9.03. The van der Waals surface area contributed by atoms with Crippen LogP contribution in [0.4, 0.5) is 11.4 Å². The molecule has 2 N–H and O–H groups in total. The van der Waals surface area contributed by atoms with E-state index in [4.69, 9.17) is 9.15 Å². The normalized spacial score (nSPS) is 14.4. The lowest BCUT2D eigenvalue weighted by Gasteiger charge is -2.25. The number of carbonyl (C=O) groups is 1. The van der Waals surface area contributed by atoms with Gasteiger partial charge in [0.05, 0.1) is 19.2 Å². The molecule has 0 aliphatic heterocycles. The van der Waals surface area contributed by atoms with Gasteiger partial charge in [0.15, 0.2) is 5.69 Å². The molecule has 156 valence electrons. The Balaban J connectivity index is 1.62. The van der Waals surface area contributed by atoms with E-state index in [1.54, 1.807) is 13.2 Å². The second-order valence-electron chi connectivity index (χ2n) is 7.69. The summed E-state index contributed by atoms with van der Waals surface area (Å²) >= 11 is 0. The minimum Gasteiger partial charge on any atom is -0.497 e. The topological polar surface area (TPSA) is 80.6 Å². The standard InChI is InChI=1S/C24H26N2O4/c1-29-18-13-11-16(12-14-18)15-21(27)26-23-22(25-17-7-3-2-4-8-17)19-9-5-6-10-20(19)30-24(23)28/h5-6,9-14,17,25H,2-4,7-8,15H2,1H3,(H,26,27). The van der Waals surface area contributed by atoms with Gasteiger partial charge in [-0.25, -0.2) is 4.79 Å². The summed E-state index contributed by atoms with van der Waals surface area (Å²) in [6.07, 6.45) is 5.81. The minimum absolute atomic E-state index is 0.152. The van der Waals surface area contributed by atoms with Crippen molar-refractivity contribution in [1.29, 1.82) is 0 Å². The molecule has 4 rings (SSSR count). The predicted octanol–water partition coefficient (Wildman–Crippen LogP) is 4.73. The molecule has 1 aromatic heterocycles. The van der Waals surface area contributed by atoms with Crippen LogP contribution in [0.5, 0.6) is 5.75 Å². The lowest BCUT2D eigenvalue weighted by Crippen LogP contribution is -2.26. The van der Waals surface area contributed by atoms with Crippen molar-refractivity contribution >= 4 is 28.3 Å². The minimum atomic E-state index is -0.546.